The van der Waals surface area contributed by atoms with Crippen LogP contribution in [0.1, 0.15) is 25.3 Å². The van der Waals surface area contributed by atoms with Crippen molar-refractivity contribution in [3.05, 3.63) is 29.8 Å². The number of alkyl halides is 2. The third-order valence-corrected chi connectivity index (χ3v) is 3.26. The molecule has 0 spiro atoms. The average molecular weight is 287 g/mol. The van der Waals surface area contributed by atoms with Crippen LogP contribution in [0.25, 0.3) is 0 Å². The normalized spacial score (nSPS) is 14.1. The van der Waals surface area contributed by atoms with Gasteiger partial charge in [0.15, 0.2) is 0 Å². The molecule has 1 rings (SSSR count). The van der Waals surface area contributed by atoms with Crippen LogP contribution in [0.2, 0.25) is 0 Å². The summed E-state index contributed by atoms with van der Waals surface area (Å²) in [4.78, 5) is 10.8. The Morgan fingerprint density at radius 3 is 2.45 bits per heavy atom. The van der Waals surface area contributed by atoms with Crippen LogP contribution in [0.4, 0.5) is 8.78 Å². The van der Waals surface area contributed by atoms with Gasteiger partial charge in [-0.05, 0) is 44.5 Å². The Kier molecular flexibility index (Phi) is 5.88. The third kappa shape index (κ3) is 5.52. The quantitative estimate of drug-likeness (QED) is 0.772. The van der Waals surface area contributed by atoms with Gasteiger partial charge in [-0.15, -0.1) is 0 Å². The molecule has 0 saturated carbocycles. The Morgan fingerprint density at radius 2 is 2.00 bits per heavy atom. The molecule has 4 nitrogen and oxygen atoms in total. The van der Waals surface area contributed by atoms with E-state index in [2.05, 4.69) is 10.1 Å². The molecule has 112 valence electrons. The summed E-state index contributed by atoms with van der Waals surface area (Å²) >= 11 is 0. The number of rotatable bonds is 8. The summed E-state index contributed by atoms with van der Waals surface area (Å²) in [6.45, 7) is -0.987. The van der Waals surface area contributed by atoms with Crippen molar-refractivity contribution < 1.29 is 23.4 Å². The van der Waals surface area contributed by atoms with Crippen LogP contribution in [0.15, 0.2) is 24.3 Å². The van der Waals surface area contributed by atoms with Gasteiger partial charge in [0.05, 0.1) is 6.42 Å². The fraction of sp³-hybridized carbons (Fsp3) is 0.500. The molecule has 0 aliphatic carbocycles. The molecular formula is C14H19F2NO3. The number of nitrogens with one attached hydrogen (secondary N) is 1. The minimum atomic E-state index is -2.83. The molecule has 0 amide bonds. The maximum atomic E-state index is 12.0. The lowest BCUT2D eigenvalue weighted by Crippen LogP contribution is -2.42. The number of ether oxygens (including phenoxy) is 1. The second-order valence-electron chi connectivity index (χ2n) is 4.90. The van der Waals surface area contributed by atoms with Crippen molar-refractivity contribution in [3.8, 4) is 5.75 Å². The smallest absolute Gasteiger partial charge is 0.387 e. The fourth-order valence-corrected chi connectivity index (χ4v) is 1.89. The zero-order chi connectivity index (χ0) is 15.2. The molecule has 1 atom stereocenters. The van der Waals surface area contributed by atoms with Crippen molar-refractivity contribution in [1.82, 2.24) is 5.32 Å². The highest BCUT2D eigenvalue weighted by Gasteiger charge is 2.24. The first kappa shape index (κ1) is 16.4. The lowest BCUT2D eigenvalue weighted by atomic mass is 9.90. The number of aryl methyl sites for hydroxylation is 1. The average Bonchev–Trinajstić information content (AvgIpc) is 2.36. The van der Waals surface area contributed by atoms with Crippen LogP contribution in [-0.4, -0.2) is 30.3 Å². The Bertz CT molecular complexity index is 437. The van der Waals surface area contributed by atoms with Gasteiger partial charge in [-0.2, -0.15) is 8.78 Å². The van der Waals surface area contributed by atoms with E-state index in [4.69, 9.17) is 5.11 Å². The minimum Gasteiger partial charge on any atom is -0.481 e. The summed E-state index contributed by atoms with van der Waals surface area (Å²) in [5.74, 6) is -0.742. The molecule has 0 heterocycles. The van der Waals surface area contributed by atoms with E-state index < -0.39 is 18.1 Å². The van der Waals surface area contributed by atoms with Gasteiger partial charge in [0.2, 0.25) is 0 Å². The Hall–Kier alpha value is -1.69. The van der Waals surface area contributed by atoms with Gasteiger partial charge >= 0.3 is 12.6 Å². The maximum Gasteiger partial charge on any atom is 0.387 e. The van der Waals surface area contributed by atoms with Crippen LogP contribution >= 0.6 is 0 Å². The highest BCUT2D eigenvalue weighted by molar-refractivity contribution is 5.68. The summed E-state index contributed by atoms with van der Waals surface area (Å²) in [6, 6.07) is 6.37. The van der Waals surface area contributed by atoms with E-state index in [1.165, 1.54) is 12.1 Å². The monoisotopic (exact) mass is 287 g/mol. The first-order chi connectivity index (χ1) is 9.34. The van der Waals surface area contributed by atoms with E-state index in [-0.39, 0.29) is 12.2 Å². The summed E-state index contributed by atoms with van der Waals surface area (Å²) in [6.07, 6.45) is 1.31. The molecular weight excluding hydrogens is 268 g/mol. The van der Waals surface area contributed by atoms with E-state index in [1.54, 1.807) is 19.2 Å². The Morgan fingerprint density at radius 1 is 1.40 bits per heavy atom. The van der Waals surface area contributed by atoms with Gasteiger partial charge < -0.3 is 15.2 Å². The molecule has 0 bridgehead atoms. The molecule has 0 saturated heterocycles. The summed E-state index contributed by atoms with van der Waals surface area (Å²) in [7, 11) is 1.72. The van der Waals surface area contributed by atoms with E-state index in [0.29, 0.717) is 12.8 Å². The van der Waals surface area contributed by atoms with Crippen LogP contribution in [0, 0.1) is 0 Å². The number of hydrogen-bond acceptors (Lipinski definition) is 3. The van der Waals surface area contributed by atoms with Gasteiger partial charge in [0.1, 0.15) is 5.75 Å². The number of carbonyl (C=O) groups is 1. The topological polar surface area (TPSA) is 58.6 Å². The molecule has 1 aromatic carbocycles. The van der Waals surface area contributed by atoms with E-state index in [9.17, 15) is 13.6 Å². The number of aliphatic carboxylic acids is 1. The lowest BCUT2D eigenvalue weighted by molar-refractivity contribution is -0.138. The van der Waals surface area contributed by atoms with E-state index in [0.717, 1.165) is 5.56 Å². The number of hydrogen-bond donors (Lipinski definition) is 2. The van der Waals surface area contributed by atoms with Crippen LogP contribution in [0.5, 0.6) is 5.75 Å². The van der Waals surface area contributed by atoms with Gasteiger partial charge in [-0.1, -0.05) is 12.1 Å². The molecule has 0 aliphatic rings. The summed E-state index contributed by atoms with van der Waals surface area (Å²) < 4.78 is 28.3. The van der Waals surface area contributed by atoms with Crippen LogP contribution < -0.4 is 10.1 Å². The Labute approximate surface area is 116 Å². The van der Waals surface area contributed by atoms with Crippen molar-refractivity contribution in [2.45, 2.75) is 38.3 Å². The SMILES string of the molecule is CNC(C)(CCc1ccc(OC(F)F)cc1)CC(=O)O. The minimum absolute atomic E-state index is 0.0239. The number of halogens is 2. The van der Waals surface area contributed by atoms with Crippen molar-refractivity contribution in [1.29, 1.82) is 0 Å². The predicted octanol–water partition coefficient (Wildman–Crippen LogP) is 2.67. The lowest BCUT2D eigenvalue weighted by Gasteiger charge is -2.27. The molecule has 2 N–H and O–H groups in total. The van der Waals surface area contributed by atoms with Gasteiger partial charge in [-0.3, -0.25) is 4.79 Å². The highest BCUT2D eigenvalue weighted by Crippen LogP contribution is 2.20. The number of carboxylic acid groups (broad SMARTS) is 1. The van der Waals surface area contributed by atoms with Crippen LogP contribution in [-0.2, 0) is 11.2 Å². The first-order valence-corrected chi connectivity index (χ1v) is 6.29. The molecule has 1 aromatic rings. The first-order valence-electron chi connectivity index (χ1n) is 6.29. The van der Waals surface area contributed by atoms with Gasteiger partial charge in [0, 0.05) is 5.54 Å². The molecule has 0 fully saturated rings. The summed E-state index contributed by atoms with van der Waals surface area (Å²) in [5, 5.41) is 11.9. The highest BCUT2D eigenvalue weighted by atomic mass is 19.3. The second kappa shape index (κ2) is 7.19. The van der Waals surface area contributed by atoms with E-state index in [1.807, 2.05) is 6.92 Å². The Balaban J connectivity index is 2.58. The maximum absolute atomic E-state index is 12.0. The zero-order valence-corrected chi connectivity index (χ0v) is 11.5. The third-order valence-electron chi connectivity index (χ3n) is 3.26. The molecule has 0 aliphatic heterocycles. The molecule has 6 heteroatoms. The van der Waals surface area contributed by atoms with Crippen molar-refractivity contribution in [2.75, 3.05) is 7.05 Å². The van der Waals surface area contributed by atoms with E-state index >= 15 is 0 Å². The van der Waals surface area contributed by atoms with Crippen LogP contribution in [0.3, 0.4) is 0 Å². The number of benzene rings is 1. The van der Waals surface area contributed by atoms with Crippen molar-refractivity contribution in [3.63, 3.8) is 0 Å². The molecule has 0 aromatic heterocycles. The van der Waals surface area contributed by atoms with Gasteiger partial charge in [0.25, 0.3) is 0 Å². The number of carboxylic acids is 1. The molecule has 20 heavy (non-hydrogen) atoms. The predicted molar refractivity (Wildman–Crippen MR) is 71.1 cm³/mol. The van der Waals surface area contributed by atoms with Gasteiger partial charge in [-0.25, -0.2) is 0 Å². The summed E-state index contributed by atoms with van der Waals surface area (Å²) in [5.41, 5.74) is 0.447. The molecule has 0 radical (unpaired) electrons. The largest absolute Gasteiger partial charge is 0.481 e. The second-order valence-corrected chi connectivity index (χ2v) is 4.90. The molecule has 1 unspecified atom stereocenters. The van der Waals surface area contributed by atoms with Crippen molar-refractivity contribution in [2.24, 2.45) is 0 Å². The van der Waals surface area contributed by atoms with Crippen molar-refractivity contribution >= 4 is 5.97 Å². The zero-order valence-electron chi connectivity index (χ0n) is 11.5. The standard InChI is InChI=1S/C14H19F2NO3/c1-14(17-2,9-12(18)19)8-7-10-3-5-11(6-4-10)20-13(15)16/h3-6,13,17H,7-9H2,1-2H3,(H,18,19). The fourth-order valence-electron chi connectivity index (χ4n) is 1.89.